The first kappa shape index (κ1) is 14.6. The number of morpholine rings is 1. The summed E-state index contributed by atoms with van der Waals surface area (Å²) in [5, 5.41) is 3.99. The Labute approximate surface area is 125 Å². The second-order valence-corrected chi connectivity index (χ2v) is 6.28. The maximum absolute atomic E-state index is 12.9. The van der Waals surface area contributed by atoms with Crippen LogP contribution in [0.15, 0.2) is 4.52 Å². The zero-order valence-corrected chi connectivity index (χ0v) is 13.0. The first-order valence-electron chi connectivity index (χ1n) is 8.03. The molecule has 1 amide bonds. The van der Waals surface area contributed by atoms with Crippen LogP contribution in [0.2, 0.25) is 0 Å². The van der Waals surface area contributed by atoms with Crippen molar-refractivity contribution in [2.75, 3.05) is 19.7 Å². The van der Waals surface area contributed by atoms with Crippen molar-refractivity contribution >= 4 is 5.91 Å². The molecule has 0 bridgehead atoms. The number of hydrogen-bond donors (Lipinski definition) is 0. The summed E-state index contributed by atoms with van der Waals surface area (Å²) in [6.45, 7) is 5.94. The molecular formula is C16H24N2O3. The van der Waals surface area contributed by atoms with E-state index in [4.69, 9.17) is 9.26 Å². The average molecular weight is 292 g/mol. The van der Waals surface area contributed by atoms with Gasteiger partial charge in [-0.25, -0.2) is 0 Å². The van der Waals surface area contributed by atoms with E-state index in [9.17, 15) is 4.79 Å². The number of carbonyl (C=O) groups is 1. The molecule has 0 aromatic carbocycles. The Kier molecular flexibility index (Phi) is 4.02. The highest BCUT2D eigenvalue weighted by molar-refractivity contribution is 5.96. The highest BCUT2D eigenvalue weighted by Crippen LogP contribution is 2.36. The van der Waals surface area contributed by atoms with E-state index in [0.29, 0.717) is 31.0 Å². The van der Waals surface area contributed by atoms with Gasteiger partial charge in [0.15, 0.2) is 0 Å². The van der Waals surface area contributed by atoms with Crippen molar-refractivity contribution in [2.45, 2.75) is 58.0 Å². The predicted octanol–water partition coefficient (Wildman–Crippen LogP) is 2.72. The lowest BCUT2D eigenvalue weighted by atomic mass is 9.98. The lowest BCUT2D eigenvalue weighted by Crippen LogP contribution is -2.52. The van der Waals surface area contributed by atoms with Crippen LogP contribution in [0.3, 0.4) is 0 Å². The molecular weight excluding hydrogens is 268 g/mol. The molecule has 5 nitrogen and oxygen atoms in total. The van der Waals surface area contributed by atoms with Crippen LogP contribution in [0.25, 0.3) is 0 Å². The summed E-state index contributed by atoms with van der Waals surface area (Å²) < 4.78 is 11.3. The van der Waals surface area contributed by atoms with Crippen molar-refractivity contribution in [3.05, 3.63) is 17.0 Å². The number of ether oxygens (including phenoxy) is 1. The number of hydrogen-bond acceptors (Lipinski definition) is 4. The van der Waals surface area contributed by atoms with Gasteiger partial charge in [-0.15, -0.1) is 0 Å². The fourth-order valence-corrected chi connectivity index (χ4v) is 3.59. The van der Waals surface area contributed by atoms with Gasteiger partial charge in [0.05, 0.1) is 24.4 Å². The first-order chi connectivity index (χ1) is 10.2. The van der Waals surface area contributed by atoms with Gasteiger partial charge in [0, 0.05) is 13.0 Å². The van der Waals surface area contributed by atoms with E-state index in [1.165, 1.54) is 12.8 Å². The molecule has 21 heavy (non-hydrogen) atoms. The van der Waals surface area contributed by atoms with E-state index in [2.05, 4.69) is 12.1 Å². The van der Waals surface area contributed by atoms with Gasteiger partial charge >= 0.3 is 0 Å². The van der Waals surface area contributed by atoms with E-state index in [0.717, 1.165) is 31.4 Å². The number of aromatic nitrogens is 1. The minimum absolute atomic E-state index is 0.0618. The summed E-state index contributed by atoms with van der Waals surface area (Å²) in [5.74, 6) is 0.790. The molecule has 116 valence electrons. The molecule has 1 aliphatic carbocycles. The third-order valence-electron chi connectivity index (χ3n) is 4.67. The second-order valence-electron chi connectivity index (χ2n) is 6.28. The fraction of sp³-hybridized carbons (Fsp3) is 0.750. The fourth-order valence-electron chi connectivity index (χ4n) is 3.59. The van der Waals surface area contributed by atoms with Crippen LogP contribution in [0, 0.1) is 6.92 Å². The van der Waals surface area contributed by atoms with Crippen molar-refractivity contribution in [3.8, 4) is 0 Å². The molecule has 1 spiro atoms. The van der Waals surface area contributed by atoms with Gasteiger partial charge < -0.3 is 14.2 Å². The maximum atomic E-state index is 12.9. The van der Waals surface area contributed by atoms with Crippen LogP contribution >= 0.6 is 0 Å². The van der Waals surface area contributed by atoms with E-state index in [-0.39, 0.29) is 11.5 Å². The van der Waals surface area contributed by atoms with E-state index >= 15 is 0 Å². The lowest BCUT2D eigenvalue weighted by molar-refractivity contribution is -0.0948. The van der Waals surface area contributed by atoms with Gasteiger partial charge in [-0.1, -0.05) is 24.9 Å². The van der Waals surface area contributed by atoms with Crippen molar-refractivity contribution in [1.29, 1.82) is 0 Å². The monoisotopic (exact) mass is 292 g/mol. The zero-order chi connectivity index (χ0) is 14.9. The minimum Gasteiger partial charge on any atom is -0.371 e. The first-order valence-corrected chi connectivity index (χ1v) is 8.03. The summed E-state index contributed by atoms with van der Waals surface area (Å²) in [7, 11) is 0. The number of carbonyl (C=O) groups excluding carboxylic acids is 1. The standard InChI is InChI=1S/C16H24N2O3/c1-3-6-13-14(12(2)17-21-13)15(19)18-9-10-20-16(11-18)7-4-5-8-16/h3-11H2,1-2H3. The molecule has 1 aromatic rings. The summed E-state index contributed by atoms with van der Waals surface area (Å²) in [4.78, 5) is 14.8. The van der Waals surface area contributed by atoms with Crippen molar-refractivity contribution in [1.82, 2.24) is 10.1 Å². The molecule has 0 atom stereocenters. The highest BCUT2D eigenvalue weighted by Gasteiger charge is 2.41. The van der Waals surface area contributed by atoms with Gasteiger partial charge in [0.25, 0.3) is 5.91 Å². The van der Waals surface area contributed by atoms with Crippen LogP contribution < -0.4 is 0 Å². The van der Waals surface area contributed by atoms with Gasteiger partial charge in [-0.3, -0.25) is 4.79 Å². The van der Waals surface area contributed by atoms with Gasteiger partial charge in [-0.2, -0.15) is 0 Å². The largest absolute Gasteiger partial charge is 0.371 e. The highest BCUT2D eigenvalue weighted by atomic mass is 16.5. The molecule has 3 rings (SSSR count). The summed E-state index contributed by atoms with van der Waals surface area (Å²) in [6, 6.07) is 0. The topological polar surface area (TPSA) is 55.6 Å². The molecule has 2 fully saturated rings. The Morgan fingerprint density at radius 1 is 1.38 bits per heavy atom. The van der Waals surface area contributed by atoms with Gasteiger partial charge in [0.2, 0.25) is 0 Å². The number of rotatable bonds is 3. The van der Waals surface area contributed by atoms with Crippen LogP contribution in [0.1, 0.15) is 60.8 Å². The molecule has 5 heteroatoms. The van der Waals surface area contributed by atoms with Gasteiger partial charge in [0.1, 0.15) is 11.3 Å². The lowest BCUT2D eigenvalue weighted by Gasteiger charge is -2.40. The number of amides is 1. The Hall–Kier alpha value is -1.36. The molecule has 2 aliphatic rings. The normalized spacial score (nSPS) is 21.1. The van der Waals surface area contributed by atoms with Crippen molar-refractivity contribution in [3.63, 3.8) is 0 Å². The van der Waals surface area contributed by atoms with Crippen LogP contribution in [0.5, 0.6) is 0 Å². The summed E-state index contributed by atoms with van der Waals surface area (Å²) >= 11 is 0. The molecule has 1 saturated carbocycles. The van der Waals surface area contributed by atoms with Crippen LogP contribution in [-0.4, -0.2) is 41.3 Å². The van der Waals surface area contributed by atoms with E-state index in [1.807, 2.05) is 11.8 Å². The second kappa shape index (κ2) is 5.79. The average Bonchev–Trinajstić information content (AvgIpc) is 3.07. The SMILES string of the molecule is CCCc1onc(C)c1C(=O)N1CCOC2(CCCC2)C1. The smallest absolute Gasteiger partial charge is 0.259 e. The molecule has 2 heterocycles. The third kappa shape index (κ3) is 2.71. The Bertz CT molecular complexity index is 518. The van der Waals surface area contributed by atoms with Crippen molar-refractivity contribution in [2.24, 2.45) is 0 Å². The molecule has 0 radical (unpaired) electrons. The molecule has 0 N–H and O–H groups in total. The summed E-state index contributed by atoms with van der Waals surface area (Å²) in [6.07, 6.45) is 6.26. The zero-order valence-electron chi connectivity index (χ0n) is 13.0. The Morgan fingerprint density at radius 2 is 2.14 bits per heavy atom. The predicted molar refractivity (Wildman–Crippen MR) is 78.3 cm³/mol. The van der Waals surface area contributed by atoms with E-state index < -0.39 is 0 Å². The maximum Gasteiger partial charge on any atom is 0.259 e. The molecule has 1 aliphatic heterocycles. The van der Waals surface area contributed by atoms with Crippen LogP contribution in [-0.2, 0) is 11.2 Å². The van der Waals surface area contributed by atoms with Gasteiger partial charge in [-0.05, 0) is 26.2 Å². The summed E-state index contributed by atoms with van der Waals surface area (Å²) in [5.41, 5.74) is 1.28. The number of aryl methyl sites for hydroxylation is 2. The molecule has 0 unspecified atom stereocenters. The quantitative estimate of drug-likeness (QED) is 0.859. The number of nitrogens with zero attached hydrogens (tertiary/aromatic N) is 2. The Balaban J connectivity index is 1.80. The Morgan fingerprint density at radius 3 is 2.86 bits per heavy atom. The van der Waals surface area contributed by atoms with Crippen molar-refractivity contribution < 1.29 is 14.1 Å². The van der Waals surface area contributed by atoms with E-state index in [1.54, 1.807) is 0 Å². The minimum atomic E-state index is -0.0934. The molecule has 1 saturated heterocycles. The van der Waals surface area contributed by atoms with Crippen LogP contribution in [0.4, 0.5) is 0 Å². The third-order valence-corrected chi connectivity index (χ3v) is 4.67. The molecule has 1 aromatic heterocycles.